The van der Waals surface area contributed by atoms with E-state index in [2.05, 4.69) is 42.3 Å². The Balaban J connectivity index is 1.56. The number of hydrazine groups is 1. The Morgan fingerprint density at radius 3 is 2.78 bits per heavy atom. The molecule has 0 aliphatic carbocycles. The zero-order chi connectivity index (χ0) is 19.3. The van der Waals surface area contributed by atoms with E-state index in [0.717, 1.165) is 24.9 Å². The predicted molar refractivity (Wildman–Crippen MR) is 107 cm³/mol. The van der Waals surface area contributed by atoms with Gasteiger partial charge in [-0.15, -0.1) is 0 Å². The normalized spacial score (nSPS) is 21.8. The fourth-order valence-corrected chi connectivity index (χ4v) is 4.24. The fraction of sp³-hybridized carbons (Fsp3) is 0.524. The number of hydrogen-bond acceptors (Lipinski definition) is 4. The molecule has 144 valence electrons. The van der Waals surface area contributed by atoms with Crippen LogP contribution < -0.4 is 16.3 Å². The van der Waals surface area contributed by atoms with Crippen LogP contribution in [0.15, 0.2) is 29.2 Å². The van der Waals surface area contributed by atoms with Crippen molar-refractivity contribution in [3.8, 4) is 0 Å². The number of nitrogens with zero attached hydrogens (tertiary/aromatic N) is 2. The first kappa shape index (κ1) is 18.2. The van der Waals surface area contributed by atoms with Crippen molar-refractivity contribution in [1.29, 1.82) is 0 Å². The molecule has 1 fully saturated rings. The van der Waals surface area contributed by atoms with Gasteiger partial charge >= 0.3 is 0 Å². The van der Waals surface area contributed by atoms with Crippen molar-refractivity contribution in [2.24, 2.45) is 5.41 Å². The van der Waals surface area contributed by atoms with Gasteiger partial charge in [-0.1, -0.05) is 32.9 Å². The highest BCUT2D eigenvalue weighted by atomic mass is 16.2. The number of amides is 1. The first-order valence-corrected chi connectivity index (χ1v) is 9.67. The van der Waals surface area contributed by atoms with E-state index in [9.17, 15) is 9.59 Å². The van der Waals surface area contributed by atoms with Gasteiger partial charge in [-0.2, -0.15) is 0 Å². The molecule has 0 radical (unpaired) electrons. The topological polar surface area (TPSA) is 66.4 Å². The van der Waals surface area contributed by atoms with E-state index in [1.807, 2.05) is 12.1 Å². The van der Waals surface area contributed by atoms with Gasteiger partial charge in [0, 0.05) is 43.8 Å². The van der Waals surface area contributed by atoms with E-state index in [-0.39, 0.29) is 28.4 Å². The number of aryl methyl sites for hydroxylation is 2. The molecule has 2 aliphatic rings. The summed E-state index contributed by atoms with van der Waals surface area (Å²) >= 11 is 0. The summed E-state index contributed by atoms with van der Waals surface area (Å²) in [6, 6.07) is 6.33. The Labute approximate surface area is 159 Å². The number of likely N-dealkylation sites (N-methyl/N-ethyl adjacent to an activating group) is 1. The molecule has 1 aromatic carbocycles. The third-order valence-corrected chi connectivity index (χ3v) is 5.90. The van der Waals surface area contributed by atoms with Gasteiger partial charge in [-0.25, -0.2) is 0 Å². The van der Waals surface area contributed by atoms with Crippen LogP contribution in [0.2, 0.25) is 0 Å². The minimum atomic E-state index is -0.205. The summed E-state index contributed by atoms with van der Waals surface area (Å²) < 4.78 is 2.05. The molecule has 2 atom stereocenters. The molecule has 2 aromatic rings. The van der Waals surface area contributed by atoms with Gasteiger partial charge in [0.1, 0.15) is 5.56 Å². The molecule has 1 amide bonds. The number of rotatable bonds is 3. The number of pyridine rings is 1. The van der Waals surface area contributed by atoms with Crippen molar-refractivity contribution in [3.05, 3.63) is 45.7 Å². The van der Waals surface area contributed by atoms with E-state index in [1.165, 1.54) is 5.56 Å². The van der Waals surface area contributed by atoms with E-state index < -0.39 is 0 Å². The predicted octanol–water partition coefficient (Wildman–Crippen LogP) is 1.91. The van der Waals surface area contributed by atoms with Crippen molar-refractivity contribution in [1.82, 2.24) is 20.3 Å². The SMILES string of the molecule is CN(CC1CC(C(C)(C)C)NN1)C(=O)c1cn2c3c(cccc3c1=O)CC2. The maximum absolute atomic E-state index is 13.0. The largest absolute Gasteiger partial charge is 0.346 e. The second kappa shape index (κ2) is 6.46. The molecule has 4 rings (SSSR count). The third-order valence-electron chi connectivity index (χ3n) is 5.90. The second-order valence-corrected chi connectivity index (χ2v) is 8.95. The highest BCUT2D eigenvalue weighted by molar-refractivity contribution is 5.98. The van der Waals surface area contributed by atoms with Crippen LogP contribution in [0.1, 0.15) is 43.1 Å². The van der Waals surface area contributed by atoms with Crippen molar-refractivity contribution in [2.45, 2.75) is 52.2 Å². The molecule has 1 saturated heterocycles. The first-order chi connectivity index (χ1) is 12.8. The number of aromatic nitrogens is 1. The lowest BCUT2D eigenvalue weighted by Crippen LogP contribution is -2.43. The molecule has 2 aliphatic heterocycles. The Hall–Kier alpha value is -2.18. The van der Waals surface area contributed by atoms with E-state index in [4.69, 9.17) is 0 Å². The molecule has 0 bridgehead atoms. The minimum absolute atomic E-state index is 0.156. The molecular formula is C21H28N4O2. The van der Waals surface area contributed by atoms with Gasteiger partial charge in [0.05, 0.1) is 5.52 Å². The highest BCUT2D eigenvalue weighted by Crippen LogP contribution is 2.26. The van der Waals surface area contributed by atoms with Crippen LogP contribution in [-0.4, -0.2) is 41.1 Å². The molecule has 1 aromatic heterocycles. The quantitative estimate of drug-likeness (QED) is 0.869. The smallest absolute Gasteiger partial charge is 0.259 e. The second-order valence-electron chi connectivity index (χ2n) is 8.95. The van der Waals surface area contributed by atoms with E-state index in [0.29, 0.717) is 18.0 Å². The highest BCUT2D eigenvalue weighted by Gasteiger charge is 2.34. The summed E-state index contributed by atoms with van der Waals surface area (Å²) in [7, 11) is 1.78. The zero-order valence-corrected chi connectivity index (χ0v) is 16.5. The zero-order valence-electron chi connectivity index (χ0n) is 16.5. The van der Waals surface area contributed by atoms with Gasteiger partial charge in [-0.3, -0.25) is 20.4 Å². The lowest BCUT2D eigenvalue weighted by atomic mass is 9.84. The Kier molecular flexibility index (Phi) is 4.35. The molecular weight excluding hydrogens is 340 g/mol. The Bertz CT molecular complexity index is 957. The average molecular weight is 368 g/mol. The van der Waals surface area contributed by atoms with Crippen LogP contribution in [0, 0.1) is 5.41 Å². The van der Waals surface area contributed by atoms with Gasteiger partial charge in [0.15, 0.2) is 0 Å². The average Bonchev–Trinajstić information content (AvgIpc) is 3.25. The van der Waals surface area contributed by atoms with Crippen molar-refractivity contribution < 1.29 is 4.79 Å². The minimum Gasteiger partial charge on any atom is -0.346 e. The van der Waals surface area contributed by atoms with Crippen LogP contribution in [0.4, 0.5) is 0 Å². The van der Waals surface area contributed by atoms with Gasteiger partial charge < -0.3 is 9.47 Å². The fourth-order valence-electron chi connectivity index (χ4n) is 4.24. The summed E-state index contributed by atoms with van der Waals surface area (Å²) in [5, 5.41) is 0.651. The lowest BCUT2D eigenvalue weighted by molar-refractivity contribution is 0.0781. The van der Waals surface area contributed by atoms with Crippen molar-refractivity contribution in [2.75, 3.05) is 13.6 Å². The number of benzene rings is 1. The molecule has 2 unspecified atom stereocenters. The molecule has 6 nitrogen and oxygen atoms in total. The molecule has 2 N–H and O–H groups in total. The summed E-state index contributed by atoms with van der Waals surface area (Å²) in [6.07, 6.45) is 3.61. The standard InChI is InChI=1S/C21H28N4O2/c1-21(2,3)17-10-14(22-23-17)11-24(4)20(27)16-12-25-9-8-13-6-5-7-15(18(13)25)19(16)26/h5-7,12,14,17,22-23H,8-11H2,1-4H3. The molecule has 27 heavy (non-hydrogen) atoms. The number of hydrogen-bond donors (Lipinski definition) is 2. The van der Waals surface area contributed by atoms with Gasteiger partial charge in [0.25, 0.3) is 5.91 Å². The van der Waals surface area contributed by atoms with Crippen LogP contribution in [0.5, 0.6) is 0 Å². The first-order valence-electron chi connectivity index (χ1n) is 9.67. The number of para-hydroxylation sites is 1. The van der Waals surface area contributed by atoms with Crippen LogP contribution in [0.3, 0.4) is 0 Å². The lowest BCUT2D eigenvalue weighted by Gasteiger charge is -2.26. The monoisotopic (exact) mass is 368 g/mol. The van der Waals surface area contributed by atoms with E-state index in [1.54, 1.807) is 18.1 Å². The Morgan fingerprint density at radius 2 is 2.07 bits per heavy atom. The third kappa shape index (κ3) is 3.17. The van der Waals surface area contributed by atoms with Crippen LogP contribution in [0.25, 0.3) is 10.9 Å². The number of carbonyl (C=O) groups excluding carboxylic acids is 1. The molecule has 0 spiro atoms. The Morgan fingerprint density at radius 1 is 1.30 bits per heavy atom. The maximum Gasteiger partial charge on any atom is 0.259 e. The molecule has 6 heteroatoms. The van der Waals surface area contributed by atoms with E-state index >= 15 is 0 Å². The molecule has 3 heterocycles. The maximum atomic E-state index is 13.0. The summed E-state index contributed by atoms with van der Waals surface area (Å²) in [5.41, 5.74) is 9.07. The van der Waals surface area contributed by atoms with Crippen LogP contribution in [-0.2, 0) is 13.0 Å². The summed E-state index contributed by atoms with van der Waals surface area (Å²) in [5.74, 6) is -0.205. The molecule has 0 saturated carbocycles. The van der Waals surface area contributed by atoms with Crippen molar-refractivity contribution >= 4 is 16.8 Å². The van der Waals surface area contributed by atoms with Gasteiger partial charge in [0.2, 0.25) is 5.43 Å². The number of nitrogens with one attached hydrogen (secondary N) is 2. The number of carbonyl (C=O) groups is 1. The summed E-state index contributed by atoms with van der Waals surface area (Å²) in [4.78, 5) is 27.6. The summed E-state index contributed by atoms with van der Waals surface area (Å²) in [6.45, 7) is 8.00. The van der Waals surface area contributed by atoms with Crippen molar-refractivity contribution in [3.63, 3.8) is 0 Å². The van der Waals surface area contributed by atoms with Gasteiger partial charge in [-0.05, 0) is 29.9 Å². The van der Waals surface area contributed by atoms with Crippen LogP contribution >= 0.6 is 0 Å².